The molecule has 2 aromatic rings. The normalized spacial score (nSPS) is 15.8. The number of carbonyl (C=O) groups is 3. The summed E-state index contributed by atoms with van der Waals surface area (Å²) in [6, 6.07) is 9.16. The molecule has 26 heavy (non-hydrogen) atoms. The Hall–Kier alpha value is -2.07. The minimum atomic E-state index is -0.498. The third kappa shape index (κ3) is 4.18. The Bertz CT molecular complexity index is 935. The minimum absolute atomic E-state index is 0.236. The molecule has 0 spiro atoms. The topological polar surface area (TPSA) is 79.6 Å². The van der Waals surface area contributed by atoms with Gasteiger partial charge in [-0.25, -0.2) is 0 Å². The zero-order chi connectivity index (χ0) is 18.8. The molecule has 1 aromatic heterocycles. The van der Waals surface area contributed by atoms with Gasteiger partial charge in [-0.15, -0.1) is 0 Å². The van der Waals surface area contributed by atoms with E-state index in [0.29, 0.717) is 15.2 Å². The fourth-order valence-corrected chi connectivity index (χ4v) is 3.63. The number of amides is 3. The van der Waals surface area contributed by atoms with E-state index in [9.17, 15) is 14.4 Å². The maximum atomic E-state index is 12.4. The quantitative estimate of drug-likeness (QED) is 0.523. The lowest BCUT2D eigenvalue weighted by atomic mass is 10.1. The summed E-state index contributed by atoms with van der Waals surface area (Å²) in [4.78, 5) is 38.0. The molecule has 1 aliphatic rings. The summed E-state index contributed by atoms with van der Waals surface area (Å²) in [5, 5.41) is 2.28. The van der Waals surface area contributed by atoms with E-state index in [0.717, 1.165) is 27.8 Å². The number of rotatable bonds is 4. The first-order valence-corrected chi connectivity index (χ1v) is 9.61. The smallest absolute Gasteiger partial charge is 0.294 e. The second-order valence-electron chi connectivity index (χ2n) is 5.78. The lowest BCUT2D eigenvalue weighted by molar-refractivity contribution is -0.127. The van der Waals surface area contributed by atoms with Crippen molar-refractivity contribution in [1.29, 1.82) is 0 Å². The molecule has 1 fully saturated rings. The van der Waals surface area contributed by atoms with E-state index >= 15 is 0 Å². The number of benzene rings is 1. The molecule has 0 aliphatic carbocycles. The molecule has 8 heteroatoms. The first-order valence-electron chi connectivity index (χ1n) is 7.71. The van der Waals surface area contributed by atoms with Crippen LogP contribution in [0.5, 0.6) is 0 Å². The molecule has 0 atom stereocenters. The van der Waals surface area contributed by atoms with Crippen LogP contribution in [0.2, 0.25) is 0 Å². The highest BCUT2D eigenvalue weighted by atomic mass is 127. The number of nitrogens with zero attached hydrogens (tertiary/aromatic N) is 1. The zero-order valence-electron chi connectivity index (χ0n) is 14.0. The Morgan fingerprint density at radius 3 is 2.73 bits per heavy atom. The van der Waals surface area contributed by atoms with E-state index in [1.165, 1.54) is 6.08 Å². The van der Waals surface area contributed by atoms with Crippen molar-refractivity contribution in [3.8, 4) is 0 Å². The molecule has 1 aliphatic heterocycles. The molecule has 6 nitrogen and oxygen atoms in total. The van der Waals surface area contributed by atoms with E-state index in [4.69, 9.17) is 4.42 Å². The number of carbonyl (C=O) groups excluding carboxylic acids is 3. The number of imide groups is 1. The molecule has 1 saturated heterocycles. The molecule has 3 rings (SSSR count). The summed E-state index contributed by atoms with van der Waals surface area (Å²) in [5.74, 6) is -0.433. The molecule has 0 unspecified atom stereocenters. The van der Waals surface area contributed by atoms with Gasteiger partial charge in [0.2, 0.25) is 5.91 Å². The van der Waals surface area contributed by atoms with Crippen LogP contribution in [0.25, 0.3) is 6.08 Å². The van der Waals surface area contributed by atoms with E-state index in [2.05, 4.69) is 5.32 Å². The summed E-state index contributed by atoms with van der Waals surface area (Å²) in [6.45, 7) is 3.47. The summed E-state index contributed by atoms with van der Waals surface area (Å²) in [5.41, 5.74) is 2.58. The molecular weight excluding hydrogens is 467 g/mol. The van der Waals surface area contributed by atoms with Crippen LogP contribution >= 0.6 is 34.4 Å². The number of halogens is 1. The van der Waals surface area contributed by atoms with Crippen LogP contribution in [-0.2, 0) is 9.59 Å². The Morgan fingerprint density at radius 2 is 2.04 bits per heavy atom. The van der Waals surface area contributed by atoms with Crippen LogP contribution in [0.1, 0.15) is 16.9 Å². The Morgan fingerprint density at radius 1 is 1.27 bits per heavy atom. The molecule has 3 amide bonds. The third-order valence-corrected chi connectivity index (χ3v) is 5.20. The monoisotopic (exact) mass is 482 g/mol. The van der Waals surface area contributed by atoms with Gasteiger partial charge in [-0.05, 0) is 77.5 Å². The SMILES string of the molecule is Cc1ccc(C)c(NC(=O)CN2C(=O)S/C(=C\c3ccc(I)o3)C2=O)c1. The van der Waals surface area contributed by atoms with Crippen LogP contribution in [-0.4, -0.2) is 28.5 Å². The third-order valence-electron chi connectivity index (χ3n) is 3.71. The summed E-state index contributed by atoms with van der Waals surface area (Å²) >= 11 is 2.81. The van der Waals surface area contributed by atoms with Crippen LogP contribution in [0, 0.1) is 17.6 Å². The van der Waals surface area contributed by atoms with Crippen molar-refractivity contribution in [2.24, 2.45) is 0 Å². The molecular formula is C18H15IN2O4S. The van der Waals surface area contributed by atoms with Gasteiger partial charge in [0.1, 0.15) is 12.3 Å². The van der Waals surface area contributed by atoms with Gasteiger partial charge < -0.3 is 9.73 Å². The molecule has 134 valence electrons. The Balaban J connectivity index is 1.70. The summed E-state index contributed by atoms with van der Waals surface area (Å²) in [6.07, 6.45) is 1.51. The number of hydrogen-bond acceptors (Lipinski definition) is 5. The van der Waals surface area contributed by atoms with Crippen LogP contribution in [0.4, 0.5) is 10.5 Å². The standard InChI is InChI=1S/C18H15IN2O4S/c1-10-3-4-11(2)13(7-10)20-16(22)9-21-17(23)14(26-18(21)24)8-12-5-6-15(19)25-12/h3-8H,9H2,1-2H3,(H,20,22)/b14-8-. The van der Waals surface area contributed by atoms with Gasteiger partial charge in [-0.2, -0.15) is 0 Å². The van der Waals surface area contributed by atoms with Crippen LogP contribution < -0.4 is 5.32 Å². The molecule has 1 aromatic carbocycles. The minimum Gasteiger partial charge on any atom is -0.451 e. The maximum absolute atomic E-state index is 12.4. The fourth-order valence-electron chi connectivity index (χ4n) is 2.38. The highest BCUT2D eigenvalue weighted by Crippen LogP contribution is 2.32. The van der Waals surface area contributed by atoms with E-state index < -0.39 is 17.1 Å². The van der Waals surface area contributed by atoms with Gasteiger partial charge in [0.25, 0.3) is 11.1 Å². The first kappa shape index (κ1) is 18.7. The number of anilines is 1. The predicted octanol–water partition coefficient (Wildman–Crippen LogP) is 4.18. The van der Waals surface area contributed by atoms with E-state index in [1.54, 1.807) is 12.1 Å². The van der Waals surface area contributed by atoms with Crippen molar-refractivity contribution < 1.29 is 18.8 Å². The average Bonchev–Trinajstić information content (AvgIpc) is 3.09. The van der Waals surface area contributed by atoms with Crippen molar-refractivity contribution >= 4 is 63.2 Å². The number of hydrogen-bond donors (Lipinski definition) is 1. The largest absolute Gasteiger partial charge is 0.451 e. The predicted molar refractivity (Wildman–Crippen MR) is 109 cm³/mol. The molecule has 0 bridgehead atoms. The van der Waals surface area contributed by atoms with Crippen molar-refractivity contribution in [3.05, 3.63) is 55.9 Å². The van der Waals surface area contributed by atoms with Gasteiger partial charge in [0, 0.05) is 11.8 Å². The summed E-state index contributed by atoms with van der Waals surface area (Å²) in [7, 11) is 0. The van der Waals surface area contributed by atoms with Crippen LogP contribution in [0.15, 0.2) is 39.7 Å². The maximum Gasteiger partial charge on any atom is 0.294 e. The molecule has 0 radical (unpaired) electrons. The van der Waals surface area contributed by atoms with E-state index in [1.807, 2.05) is 54.6 Å². The first-order chi connectivity index (χ1) is 12.3. The Labute approximate surface area is 168 Å². The lowest BCUT2D eigenvalue weighted by Crippen LogP contribution is -2.36. The number of nitrogens with one attached hydrogen (secondary N) is 1. The van der Waals surface area contributed by atoms with Gasteiger partial charge in [-0.3, -0.25) is 19.3 Å². The average molecular weight is 482 g/mol. The molecule has 1 N–H and O–H groups in total. The Kier molecular flexibility index (Phi) is 5.52. The second-order valence-corrected chi connectivity index (χ2v) is 7.83. The summed E-state index contributed by atoms with van der Waals surface area (Å²) < 4.78 is 6.07. The van der Waals surface area contributed by atoms with Gasteiger partial charge >= 0.3 is 0 Å². The number of furan rings is 1. The molecule has 0 saturated carbocycles. The van der Waals surface area contributed by atoms with Crippen LogP contribution in [0.3, 0.4) is 0 Å². The van der Waals surface area contributed by atoms with Crippen molar-refractivity contribution in [1.82, 2.24) is 4.90 Å². The van der Waals surface area contributed by atoms with Gasteiger partial charge in [0.15, 0.2) is 3.77 Å². The van der Waals surface area contributed by atoms with Gasteiger partial charge in [-0.1, -0.05) is 12.1 Å². The van der Waals surface area contributed by atoms with Crippen molar-refractivity contribution in [2.75, 3.05) is 11.9 Å². The number of thioether (sulfide) groups is 1. The van der Waals surface area contributed by atoms with Gasteiger partial charge in [0.05, 0.1) is 4.91 Å². The lowest BCUT2D eigenvalue weighted by Gasteiger charge is -2.14. The number of aryl methyl sites for hydroxylation is 2. The van der Waals surface area contributed by atoms with E-state index in [-0.39, 0.29) is 11.4 Å². The van der Waals surface area contributed by atoms with Crippen molar-refractivity contribution in [2.45, 2.75) is 13.8 Å². The van der Waals surface area contributed by atoms with Crippen molar-refractivity contribution in [3.63, 3.8) is 0 Å². The second kappa shape index (κ2) is 7.67. The molecule has 2 heterocycles. The highest BCUT2D eigenvalue weighted by Gasteiger charge is 2.36. The highest BCUT2D eigenvalue weighted by molar-refractivity contribution is 14.1. The zero-order valence-corrected chi connectivity index (χ0v) is 17.0. The fraction of sp³-hybridized carbons (Fsp3) is 0.167.